The number of nitrogens with zero attached hydrogens (tertiary/aromatic N) is 1. The third-order valence-corrected chi connectivity index (χ3v) is 4.39. The van der Waals surface area contributed by atoms with E-state index in [0.29, 0.717) is 29.9 Å². The van der Waals surface area contributed by atoms with Gasteiger partial charge in [0.15, 0.2) is 6.10 Å². The van der Waals surface area contributed by atoms with Gasteiger partial charge in [0.2, 0.25) is 0 Å². The zero-order valence-electron chi connectivity index (χ0n) is 16.0. The number of aryl methyl sites for hydroxylation is 1. The highest BCUT2D eigenvalue weighted by Gasteiger charge is 2.31. The third kappa shape index (κ3) is 4.07. The number of rotatable bonds is 4. The summed E-state index contributed by atoms with van der Waals surface area (Å²) >= 11 is 0. The van der Waals surface area contributed by atoms with E-state index in [0.717, 1.165) is 0 Å². The molecule has 0 radical (unpaired) electrons. The average molecular weight is 366 g/mol. The summed E-state index contributed by atoms with van der Waals surface area (Å²) in [4.78, 5) is 41.4. The molecule has 3 unspecified atom stereocenters. The monoisotopic (exact) mass is 366 g/mol. The number of morpholine rings is 1. The summed E-state index contributed by atoms with van der Waals surface area (Å²) in [6.07, 6.45) is -1.08. The molecule has 1 amide bonds. The molecule has 26 heavy (non-hydrogen) atoms. The molecule has 1 aliphatic rings. The number of nitrogens with one attached hydrogen (secondary N) is 1. The van der Waals surface area contributed by atoms with Crippen molar-refractivity contribution in [3.8, 4) is 0 Å². The highest BCUT2D eigenvalue weighted by Crippen LogP contribution is 2.20. The molecule has 0 bridgehead atoms. The number of hydrogen-bond acceptors (Lipinski definition) is 6. The Morgan fingerprint density at radius 2 is 1.73 bits per heavy atom. The number of amides is 1. The molecule has 1 aliphatic heterocycles. The van der Waals surface area contributed by atoms with Crippen LogP contribution in [0.2, 0.25) is 0 Å². The minimum Gasteiger partial charge on any atom is -0.465 e. The molecule has 144 valence electrons. The molecule has 2 heterocycles. The second-order valence-corrected chi connectivity index (χ2v) is 6.66. The lowest BCUT2D eigenvalue weighted by atomic mass is 10.1. The Labute approximate surface area is 152 Å². The van der Waals surface area contributed by atoms with Gasteiger partial charge in [-0.05, 0) is 40.2 Å². The first-order chi connectivity index (χ1) is 12.1. The quantitative estimate of drug-likeness (QED) is 0.813. The van der Waals surface area contributed by atoms with Gasteiger partial charge in [-0.3, -0.25) is 4.79 Å². The molecule has 2 rings (SSSR count). The van der Waals surface area contributed by atoms with E-state index in [4.69, 9.17) is 14.2 Å². The van der Waals surface area contributed by atoms with Crippen molar-refractivity contribution in [3.05, 3.63) is 22.5 Å². The van der Waals surface area contributed by atoms with Crippen LogP contribution < -0.4 is 0 Å². The van der Waals surface area contributed by atoms with E-state index < -0.39 is 18.0 Å². The fourth-order valence-corrected chi connectivity index (χ4v) is 3.25. The fourth-order valence-electron chi connectivity index (χ4n) is 3.25. The Hall–Kier alpha value is -2.35. The van der Waals surface area contributed by atoms with Crippen LogP contribution in [-0.2, 0) is 19.0 Å². The normalized spacial score (nSPS) is 21.2. The number of carbonyl (C=O) groups is 3. The van der Waals surface area contributed by atoms with Crippen molar-refractivity contribution in [1.29, 1.82) is 0 Å². The lowest BCUT2D eigenvalue weighted by molar-refractivity contribution is -0.151. The van der Waals surface area contributed by atoms with Crippen molar-refractivity contribution >= 4 is 17.8 Å². The minimum atomic E-state index is -0.940. The first-order valence-electron chi connectivity index (χ1n) is 8.58. The Morgan fingerprint density at radius 3 is 2.27 bits per heavy atom. The van der Waals surface area contributed by atoms with Gasteiger partial charge in [-0.25, -0.2) is 9.59 Å². The molecule has 1 fully saturated rings. The molecule has 3 atom stereocenters. The second kappa shape index (κ2) is 7.90. The first-order valence-corrected chi connectivity index (χ1v) is 8.58. The maximum Gasteiger partial charge on any atom is 0.355 e. The zero-order chi connectivity index (χ0) is 19.6. The van der Waals surface area contributed by atoms with Crippen molar-refractivity contribution in [3.63, 3.8) is 0 Å². The van der Waals surface area contributed by atoms with Gasteiger partial charge in [0, 0.05) is 18.8 Å². The molecular weight excluding hydrogens is 340 g/mol. The Morgan fingerprint density at radius 1 is 1.15 bits per heavy atom. The number of esters is 2. The molecule has 1 aromatic heterocycles. The third-order valence-electron chi connectivity index (χ3n) is 4.39. The highest BCUT2D eigenvalue weighted by molar-refractivity contribution is 5.99. The van der Waals surface area contributed by atoms with E-state index in [1.807, 2.05) is 13.8 Å². The van der Waals surface area contributed by atoms with Crippen molar-refractivity contribution in [2.75, 3.05) is 20.2 Å². The summed E-state index contributed by atoms with van der Waals surface area (Å²) in [5.41, 5.74) is 1.39. The van der Waals surface area contributed by atoms with Crippen molar-refractivity contribution in [1.82, 2.24) is 9.88 Å². The Balaban J connectivity index is 2.10. The van der Waals surface area contributed by atoms with Crippen molar-refractivity contribution in [2.24, 2.45) is 0 Å². The van der Waals surface area contributed by atoms with Crippen molar-refractivity contribution in [2.45, 2.75) is 52.9 Å². The van der Waals surface area contributed by atoms with Crippen LogP contribution in [0.4, 0.5) is 0 Å². The fraction of sp³-hybridized carbons (Fsp3) is 0.611. The molecule has 8 nitrogen and oxygen atoms in total. The smallest absolute Gasteiger partial charge is 0.355 e. The van der Waals surface area contributed by atoms with E-state index in [1.165, 1.54) is 14.0 Å². The minimum absolute atomic E-state index is 0.0680. The maximum atomic E-state index is 12.6. The lowest BCUT2D eigenvalue weighted by Crippen LogP contribution is -2.51. The molecule has 1 aromatic rings. The molecule has 0 aliphatic carbocycles. The van der Waals surface area contributed by atoms with Crippen LogP contribution in [0.1, 0.15) is 52.9 Å². The SMILES string of the molecule is COC(=O)c1c(C)[nH]c(C(=O)OC(C)C(=O)N2CC(C)OC(C)C2)c1C. The summed E-state index contributed by atoms with van der Waals surface area (Å²) in [5.74, 6) is -1.49. The molecule has 0 aromatic carbocycles. The van der Waals surface area contributed by atoms with E-state index in [9.17, 15) is 14.4 Å². The van der Waals surface area contributed by atoms with Crippen LogP contribution in [0.15, 0.2) is 0 Å². The summed E-state index contributed by atoms with van der Waals surface area (Å²) in [5, 5.41) is 0. The predicted octanol–water partition coefficient (Wildman–Crippen LogP) is 1.60. The number of carbonyl (C=O) groups excluding carboxylic acids is 3. The van der Waals surface area contributed by atoms with E-state index >= 15 is 0 Å². The van der Waals surface area contributed by atoms with Gasteiger partial charge in [-0.2, -0.15) is 0 Å². The van der Waals surface area contributed by atoms with Gasteiger partial charge in [-0.1, -0.05) is 0 Å². The topological polar surface area (TPSA) is 97.9 Å². The number of methoxy groups -OCH3 is 1. The predicted molar refractivity (Wildman–Crippen MR) is 93.1 cm³/mol. The number of ether oxygens (including phenoxy) is 3. The molecular formula is C18H26N2O6. The van der Waals surface area contributed by atoms with Crippen LogP contribution >= 0.6 is 0 Å². The van der Waals surface area contributed by atoms with E-state index in [-0.39, 0.29) is 23.8 Å². The zero-order valence-corrected chi connectivity index (χ0v) is 16.0. The number of hydrogen-bond donors (Lipinski definition) is 1. The molecule has 0 spiro atoms. The second-order valence-electron chi connectivity index (χ2n) is 6.66. The van der Waals surface area contributed by atoms with E-state index in [2.05, 4.69) is 4.98 Å². The van der Waals surface area contributed by atoms with Gasteiger partial charge >= 0.3 is 11.9 Å². The number of aromatic nitrogens is 1. The first kappa shape index (κ1) is 20.0. The number of aromatic amines is 1. The summed E-state index contributed by atoms with van der Waals surface area (Å²) in [6, 6.07) is 0. The summed E-state index contributed by atoms with van der Waals surface area (Å²) in [7, 11) is 1.28. The highest BCUT2D eigenvalue weighted by atomic mass is 16.5. The molecule has 0 saturated carbocycles. The van der Waals surface area contributed by atoms with Crippen LogP contribution in [0.5, 0.6) is 0 Å². The van der Waals surface area contributed by atoms with Gasteiger partial charge in [-0.15, -0.1) is 0 Å². The number of H-pyrrole nitrogens is 1. The van der Waals surface area contributed by atoms with Gasteiger partial charge in [0.25, 0.3) is 5.91 Å². The molecule has 8 heteroatoms. The van der Waals surface area contributed by atoms with Crippen LogP contribution in [-0.4, -0.2) is 66.2 Å². The van der Waals surface area contributed by atoms with E-state index in [1.54, 1.807) is 18.7 Å². The van der Waals surface area contributed by atoms with Crippen LogP contribution in [0.3, 0.4) is 0 Å². The maximum absolute atomic E-state index is 12.6. The largest absolute Gasteiger partial charge is 0.465 e. The molecule has 1 N–H and O–H groups in total. The molecule has 1 saturated heterocycles. The van der Waals surface area contributed by atoms with Crippen LogP contribution in [0, 0.1) is 13.8 Å². The Bertz CT molecular complexity index is 701. The van der Waals surface area contributed by atoms with Gasteiger partial charge in [0.1, 0.15) is 5.69 Å². The van der Waals surface area contributed by atoms with Gasteiger partial charge in [0.05, 0.1) is 24.9 Å². The summed E-state index contributed by atoms with van der Waals surface area (Å²) < 4.78 is 15.7. The standard InChI is InChI=1S/C18H26N2O6/c1-9-7-20(8-10(2)25-9)16(21)13(5)26-18(23)15-11(3)14(12(4)19-15)17(22)24-6/h9-10,13,19H,7-8H2,1-6H3. The van der Waals surface area contributed by atoms with Crippen LogP contribution in [0.25, 0.3) is 0 Å². The lowest BCUT2D eigenvalue weighted by Gasteiger charge is -2.36. The average Bonchev–Trinajstić information content (AvgIpc) is 2.87. The Kier molecular flexibility index (Phi) is 6.07. The van der Waals surface area contributed by atoms with Gasteiger partial charge < -0.3 is 24.1 Å². The van der Waals surface area contributed by atoms with Crippen molar-refractivity contribution < 1.29 is 28.6 Å². The summed E-state index contributed by atoms with van der Waals surface area (Å²) in [6.45, 7) is 9.54.